The molecule has 0 fully saturated rings. The monoisotopic (exact) mass is 408 g/mol. The number of nitrogens with zero attached hydrogens (tertiary/aromatic N) is 4. The maximum atomic E-state index is 13.1. The Balaban J connectivity index is 1.60. The molecule has 8 nitrogen and oxygen atoms in total. The zero-order valence-corrected chi connectivity index (χ0v) is 14.4. The molecule has 0 aliphatic carbocycles. The molecule has 2 N–H and O–H groups in total. The topological polar surface area (TPSA) is 102 Å². The van der Waals surface area contributed by atoms with Gasteiger partial charge in [0.15, 0.2) is 0 Å². The number of benzene rings is 2. The van der Waals surface area contributed by atoms with Crippen molar-refractivity contribution in [3.05, 3.63) is 65.5 Å². The first-order valence-electron chi connectivity index (χ1n) is 8.02. The van der Waals surface area contributed by atoms with Gasteiger partial charge in [0.1, 0.15) is 12.4 Å². The van der Waals surface area contributed by atoms with Gasteiger partial charge in [0, 0.05) is 11.1 Å². The van der Waals surface area contributed by atoms with Crippen LogP contribution in [0.3, 0.4) is 0 Å². The fourth-order valence-corrected chi connectivity index (χ4v) is 2.26. The summed E-state index contributed by atoms with van der Waals surface area (Å²) in [6, 6.07) is 9.17. The van der Waals surface area contributed by atoms with Crippen molar-refractivity contribution in [2.24, 2.45) is 0 Å². The van der Waals surface area contributed by atoms with Crippen LogP contribution in [0.5, 0.6) is 0 Å². The van der Waals surface area contributed by atoms with Gasteiger partial charge in [-0.1, -0.05) is 18.2 Å². The normalized spacial score (nSPS) is 11.2. The van der Waals surface area contributed by atoms with E-state index in [1.54, 1.807) is 0 Å². The molecule has 0 aliphatic heterocycles. The Morgan fingerprint density at radius 2 is 1.79 bits per heavy atom. The van der Waals surface area contributed by atoms with Gasteiger partial charge in [-0.15, -0.1) is 10.2 Å². The molecular weight excluding hydrogens is 396 g/mol. The maximum Gasteiger partial charge on any atom is 0.416 e. The first-order chi connectivity index (χ1) is 13.7. The molecule has 12 heteroatoms. The lowest BCUT2D eigenvalue weighted by Crippen LogP contribution is -2.43. The van der Waals surface area contributed by atoms with Crippen molar-refractivity contribution < 1.29 is 27.2 Å². The van der Waals surface area contributed by atoms with Crippen LogP contribution in [-0.2, 0) is 17.5 Å². The van der Waals surface area contributed by atoms with E-state index in [2.05, 4.69) is 26.3 Å². The van der Waals surface area contributed by atoms with Gasteiger partial charge in [0.05, 0.1) is 5.56 Å². The number of rotatable bonds is 4. The first kappa shape index (κ1) is 19.9. The largest absolute Gasteiger partial charge is 0.416 e. The standard InChI is InChI=1S/C17H12F4N6O2/c18-13-6-2-4-11(8-13)16(29)24-22-14(28)9-27-25-15(23-26-27)10-3-1-5-12(7-10)17(19,20)21/h1-8H,9H2,(H,22,28)(H,24,29). The summed E-state index contributed by atoms with van der Waals surface area (Å²) in [6.45, 7) is -0.463. The van der Waals surface area contributed by atoms with Crippen molar-refractivity contribution in [2.75, 3.05) is 0 Å². The molecule has 0 radical (unpaired) electrons. The number of amides is 2. The van der Waals surface area contributed by atoms with E-state index in [0.717, 1.165) is 29.1 Å². The fraction of sp³-hybridized carbons (Fsp3) is 0.118. The molecule has 2 aromatic carbocycles. The van der Waals surface area contributed by atoms with E-state index in [0.29, 0.717) is 0 Å². The lowest BCUT2D eigenvalue weighted by atomic mass is 10.1. The van der Waals surface area contributed by atoms with Crippen LogP contribution in [0.25, 0.3) is 11.4 Å². The average molecular weight is 408 g/mol. The predicted molar refractivity (Wildman–Crippen MR) is 90.3 cm³/mol. The van der Waals surface area contributed by atoms with Crippen molar-refractivity contribution in [1.82, 2.24) is 31.1 Å². The van der Waals surface area contributed by atoms with E-state index >= 15 is 0 Å². The number of aromatic nitrogens is 4. The minimum Gasteiger partial charge on any atom is -0.271 e. The Kier molecular flexibility index (Phi) is 5.52. The summed E-state index contributed by atoms with van der Waals surface area (Å²) < 4.78 is 51.4. The third-order valence-electron chi connectivity index (χ3n) is 3.59. The highest BCUT2D eigenvalue weighted by Gasteiger charge is 2.30. The molecule has 0 spiro atoms. The third kappa shape index (κ3) is 5.12. The van der Waals surface area contributed by atoms with Gasteiger partial charge >= 0.3 is 6.18 Å². The highest BCUT2D eigenvalue weighted by atomic mass is 19.4. The maximum absolute atomic E-state index is 13.1. The Morgan fingerprint density at radius 3 is 2.52 bits per heavy atom. The number of alkyl halides is 3. The summed E-state index contributed by atoms with van der Waals surface area (Å²) in [5, 5.41) is 11.1. The van der Waals surface area contributed by atoms with Crippen LogP contribution in [0.1, 0.15) is 15.9 Å². The zero-order valence-electron chi connectivity index (χ0n) is 14.4. The van der Waals surface area contributed by atoms with Gasteiger partial charge in [-0.05, 0) is 35.5 Å². The van der Waals surface area contributed by atoms with Crippen LogP contribution in [0.15, 0.2) is 48.5 Å². The highest BCUT2D eigenvalue weighted by Crippen LogP contribution is 2.31. The highest BCUT2D eigenvalue weighted by molar-refractivity contribution is 5.95. The van der Waals surface area contributed by atoms with Crippen LogP contribution in [-0.4, -0.2) is 32.0 Å². The number of hydrogen-bond donors (Lipinski definition) is 2. The van der Waals surface area contributed by atoms with Crippen LogP contribution >= 0.6 is 0 Å². The van der Waals surface area contributed by atoms with Gasteiger partial charge in [-0.3, -0.25) is 20.4 Å². The molecule has 1 heterocycles. The lowest BCUT2D eigenvalue weighted by Gasteiger charge is -2.07. The van der Waals surface area contributed by atoms with E-state index in [9.17, 15) is 27.2 Å². The van der Waals surface area contributed by atoms with Gasteiger partial charge in [-0.2, -0.15) is 18.0 Å². The number of halogens is 4. The van der Waals surface area contributed by atoms with Crippen LogP contribution in [0, 0.1) is 5.82 Å². The molecule has 0 atom stereocenters. The molecule has 0 bridgehead atoms. The summed E-state index contributed by atoms with van der Waals surface area (Å²) >= 11 is 0. The fourth-order valence-electron chi connectivity index (χ4n) is 2.26. The Bertz CT molecular complexity index is 1050. The van der Waals surface area contributed by atoms with Crippen molar-refractivity contribution in [1.29, 1.82) is 0 Å². The summed E-state index contributed by atoms with van der Waals surface area (Å²) in [5.41, 5.74) is 3.38. The number of carbonyl (C=O) groups is 2. The number of tetrazole rings is 1. The molecule has 29 heavy (non-hydrogen) atoms. The van der Waals surface area contributed by atoms with Crippen molar-refractivity contribution in [2.45, 2.75) is 12.7 Å². The van der Waals surface area contributed by atoms with Gasteiger partial charge in [0.25, 0.3) is 11.8 Å². The second-order valence-electron chi connectivity index (χ2n) is 5.73. The molecule has 0 aliphatic rings. The Morgan fingerprint density at radius 1 is 1.03 bits per heavy atom. The zero-order chi connectivity index (χ0) is 21.0. The van der Waals surface area contributed by atoms with Crippen molar-refractivity contribution in [3.63, 3.8) is 0 Å². The number of nitrogens with one attached hydrogen (secondary N) is 2. The molecule has 2 amide bonds. The van der Waals surface area contributed by atoms with Crippen LogP contribution in [0.2, 0.25) is 0 Å². The van der Waals surface area contributed by atoms with Crippen molar-refractivity contribution >= 4 is 11.8 Å². The van der Waals surface area contributed by atoms with E-state index < -0.39 is 35.9 Å². The average Bonchev–Trinajstić information content (AvgIpc) is 3.14. The molecule has 0 saturated heterocycles. The minimum atomic E-state index is -4.52. The Hall–Kier alpha value is -3.83. The summed E-state index contributed by atoms with van der Waals surface area (Å²) in [6.07, 6.45) is -4.52. The van der Waals surface area contributed by atoms with Gasteiger partial charge < -0.3 is 0 Å². The molecule has 0 saturated carbocycles. The first-order valence-corrected chi connectivity index (χ1v) is 8.02. The lowest BCUT2D eigenvalue weighted by molar-refractivity contribution is -0.137. The minimum absolute atomic E-state index is 0.00369. The van der Waals surface area contributed by atoms with E-state index in [4.69, 9.17) is 0 Å². The second kappa shape index (κ2) is 8.04. The third-order valence-corrected chi connectivity index (χ3v) is 3.59. The van der Waals surface area contributed by atoms with Crippen molar-refractivity contribution in [3.8, 4) is 11.4 Å². The molecule has 150 valence electrons. The number of hydrazine groups is 1. The van der Waals surface area contributed by atoms with E-state index in [1.807, 2.05) is 0 Å². The van der Waals surface area contributed by atoms with Gasteiger partial charge in [0.2, 0.25) is 5.82 Å². The Labute approximate surface area is 160 Å². The van der Waals surface area contributed by atoms with E-state index in [1.165, 1.54) is 24.3 Å². The molecule has 0 unspecified atom stereocenters. The van der Waals surface area contributed by atoms with Crippen LogP contribution in [0.4, 0.5) is 17.6 Å². The summed E-state index contributed by atoms with van der Waals surface area (Å²) in [7, 11) is 0. The second-order valence-corrected chi connectivity index (χ2v) is 5.73. The summed E-state index contributed by atoms with van der Waals surface area (Å²) in [5.74, 6) is -2.19. The molecule has 1 aromatic heterocycles. The number of hydrogen-bond acceptors (Lipinski definition) is 5. The quantitative estimate of drug-likeness (QED) is 0.508. The smallest absolute Gasteiger partial charge is 0.271 e. The SMILES string of the molecule is O=C(Cn1nnc(-c2cccc(C(F)(F)F)c2)n1)NNC(=O)c1cccc(F)c1. The molecular formula is C17H12F4N6O2. The van der Waals surface area contributed by atoms with Crippen LogP contribution < -0.4 is 10.9 Å². The number of carbonyl (C=O) groups excluding carboxylic acids is 2. The van der Waals surface area contributed by atoms with E-state index in [-0.39, 0.29) is 17.0 Å². The molecule has 3 rings (SSSR count). The molecule has 3 aromatic rings. The van der Waals surface area contributed by atoms with Gasteiger partial charge in [-0.25, -0.2) is 4.39 Å². The predicted octanol–water partition coefficient (Wildman–Crippen LogP) is 1.96. The summed E-state index contributed by atoms with van der Waals surface area (Å²) in [4.78, 5) is 24.5.